The zero-order chi connectivity index (χ0) is 10.6. The second-order valence-corrected chi connectivity index (χ2v) is 3.92. The fourth-order valence-corrected chi connectivity index (χ4v) is 0.998. The number of esters is 1. The average molecular weight is 188 g/mol. The van der Waals surface area contributed by atoms with Crippen LogP contribution in [0.25, 0.3) is 0 Å². The highest BCUT2D eigenvalue weighted by Crippen LogP contribution is 2.06. The van der Waals surface area contributed by atoms with E-state index in [1.807, 2.05) is 25.8 Å². The fraction of sp³-hybridized carbons (Fsp3) is 0.889. The molecule has 0 aromatic rings. The molecule has 2 N–H and O–H groups in total. The number of nitrogens with two attached hydrogens (primary N) is 1. The van der Waals surface area contributed by atoms with E-state index >= 15 is 0 Å². The van der Waals surface area contributed by atoms with Crippen molar-refractivity contribution in [1.82, 2.24) is 4.90 Å². The summed E-state index contributed by atoms with van der Waals surface area (Å²) in [5, 5.41) is 0. The Labute approximate surface area is 80.0 Å². The van der Waals surface area contributed by atoms with Gasteiger partial charge in [-0.1, -0.05) is 0 Å². The van der Waals surface area contributed by atoms with E-state index in [1.165, 1.54) is 7.11 Å². The van der Waals surface area contributed by atoms with Gasteiger partial charge in [-0.05, 0) is 27.8 Å². The van der Waals surface area contributed by atoms with Crippen molar-refractivity contribution in [2.45, 2.75) is 32.4 Å². The highest BCUT2D eigenvalue weighted by molar-refractivity contribution is 5.80. The summed E-state index contributed by atoms with van der Waals surface area (Å²) in [6.07, 6.45) is 0. The summed E-state index contributed by atoms with van der Waals surface area (Å²) in [6, 6.07) is 0.368. The molecule has 0 fully saturated rings. The van der Waals surface area contributed by atoms with Crippen LogP contribution in [-0.2, 0) is 9.53 Å². The van der Waals surface area contributed by atoms with Crippen molar-refractivity contribution in [2.75, 3.05) is 20.7 Å². The first-order valence-electron chi connectivity index (χ1n) is 4.39. The Bertz CT molecular complexity index is 178. The molecule has 0 aliphatic carbocycles. The first-order valence-corrected chi connectivity index (χ1v) is 4.39. The number of ether oxygens (including phenoxy) is 1. The first kappa shape index (κ1) is 12.4. The molecule has 13 heavy (non-hydrogen) atoms. The minimum Gasteiger partial charge on any atom is -0.468 e. The lowest BCUT2D eigenvalue weighted by atomic mass is 10.0. The number of hydrogen-bond donors (Lipinski definition) is 1. The van der Waals surface area contributed by atoms with Crippen LogP contribution in [0.2, 0.25) is 0 Å². The maximum atomic E-state index is 11.2. The van der Waals surface area contributed by atoms with Crippen molar-refractivity contribution < 1.29 is 9.53 Å². The predicted molar refractivity (Wildman–Crippen MR) is 52.4 cm³/mol. The topological polar surface area (TPSA) is 55.6 Å². The van der Waals surface area contributed by atoms with E-state index in [-0.39, 0.29) is 5.97 Å². The molecule has 4 heteroatoms. The van der Waals surface area contributed by atoms with E-state index in [2.05, 4.69) is 4.74 Å². The molecule has 0 aliphatic rings. The normalized spacial score (nSPS) is 16.0. The van der Waals surface area contributed by atoms with Gasteiger partial charge < -0.3 is 15.4 Å². The van der Waals surface area contributed by atoms with Crippen molar-refractivity contribution in [2.24, 2.45) is 5.73 Å². The summed E-state index contributed by atoms with van der Waals surface area (Å²) in [5.41, 5.74) is 4.87. The molecule has 1 unspecified atom stereocenters. The summed E-state index contributed by atoms with van der Waals surface area (Å²) in [4.78, 5) is 13.2. The molecular weight excluding hydrogens is 168 g/mol. The lowest BCUT2D eigenvalue weighted by Gasteiger charge is -2.30. The molecule has 0 rings (SSSR count). The number of nitrogens with zero attached hydrogens (tertiary/aromatic N) is 1. The molecule has 0 bridgehead atoms. The fourth-order valence-electron chi connectivity index (χ4n) is 0.998. The van der Waals surface area contributed by atoms with E-state index < -0.39 is 5.54 Å². The molecule has 0 radical (unpaired) electrons. The minimum atomic E-state index is -0.923. The highest BCUT2D eigenvalue weighted by atomic mass is 16.5. The summed E-state index contributed by atoms with van der Waals surface area (Å²) in [5.74, 6) is -0.375. The minimum absolute atomic E-state index is 0.368. The number of carbonyl (C=O) groups is 1. The number of hydrogen-bond acceptors (Lipinski definition) is 4. The van der Waals surface area contributed by atoms with Crippen LogP contribution in [0.4, 0.5) is 0 Å². The van der Waals surface area contributed by atoms with Crippen LogP contribution >= 0.6 is 0 Å². The quantitative estimate of drug-likeness (QED) is 0.641. The van der Waals surface area contributed by atoms with Gasteiger partial charge in [-0.15, -0.1) is 0 Å². The Kier molecular flexibility index (Phi) is 4.36. The van der Waals surface area contributed by atoms with Crippen molar-refractivity contribution in [3.05, 3.63) is 0 Å². The Morgan fingerprint density at radius 3 is 2.38 bits per heavy atom. The summed E-state index contributed by atoms with van der Waals surface area (Å²) >= 11 is 0. The monoisotopic (exact) mass is 188 g/mol. The van der Waals surface area contributed by atoms with E-state index in [4.69, 9.17) is 5.73 Å². The van der Waals surface area contributed by atoms with Crippen LogP contribution in [0.3, 0.4) is 0 Å². The van der Waals surface area contributed by atoms with E-state index in [0.29, 0.717) is 12.6 Å². The maximum absolute atomic E-state index is 11.2. The van der Waals surface area contributed by atoms with E-state index in [0.717, 1.165) is 0 Å². The number of likely N-dealkylation sites (N-methyl/N-ethyl adjacent to an activating group) is 1. The smallest absolute Gasteiger partial charge is 0.326 e. The van der Waals surface area contributed by atoms with Crippen molar-refractivity contribution in [3.63, 3.8) is 0 Å². The Morgan fingerprint density at radius 1 is 1.62 bits per heavy atom. The van der Waals surface area contributed by atoms with Crippen LogP contribution in [0.1, 0.15) is 20.8 Å². The Hall–Kier alpha value is -0.610. The third-order valence-corrected chi connectivity index (χ3v) is 2.11. The van der Waals surface area contributed by atoms with Crippen molar-refractivity contribution in [1.29, 1.82) is 0 Å². The van der Waals surface area contributed by atoms with Crippen LogP contribution in [0.15, 0.2) is 0 Å². The Morgan fingerprint density at radius 2 is 2.08 bits per heavy atom. The molecule has 0 aromatic heterocycles. The average Bonchev–Trinajstić information content (AvgIpc) is 2.01. The molecule has 1 atom stereocenters. The van der Waals surface area contributed by atoms with Crippen LogP contribution in [0, 0.1) is 0 Å². The molecule has 0 aliphatic heterocycles. The van der Waals surface area contributed by atoms with Crippen LogP contribution < -0.4 is 5.73 Å². The van der Waals surface area contributed by atoms with Gasteiger partial charge in [0.25, 0.3) is 0 Å². The largest absolute Gasteiger partial charge is 0.468 e. The number of methoxy groups -OCH3 is 1. The zero-order valence-corrected chi connectivity index (χ0v) is 9.13. The molecule has 0 spiro atoms. The molecular formula is C9H20N2O2. The molecule has 0 amide bonds. The van der Waals surface area contributed by atoms with Gasteiger partial charge in [-0.3, -0.25) is 4.79 Å². The van der Waals surface area contributed by atoms with E-state index in [1.54, 1.807) is 6.92 Å². The molecule has 0 heterocycles. The van der Waals surface area contributed by atoms with E-state index in [9.17, 15) is 4.79 Å². The van der Waals surface area contributed by atoms with Gasteiger partial charge in [-0.2, -0.15) is 0 Å². The van der Waals surface area contributed by atoms with Gasteiger partial charge >= 0.3 is 5.97 Å². The summed E-state index contributed by atoms with van der Waals surface area (Å²) in [6.45, 7) is 6.27. The lowest BCUT2D eigenvalue weighted by Crippen LogP contribution is -2.54. The molecule has 0 aromatic carbocycles. The lowest BCUT2D eigenvalue weighted by molar-refractivity contribution is -0.147. The summed E-state index contributed by atoms with van der Waals surface area (Å²) < 4.78 is 4.61. The zero-order valence-electron chi connectivity index (χ0n) is 9.13. The van der Waals surface area contributed by atoms with Crippen molar-refractivity contribution >= 4 is 5.97 Å². The van der Waals surface area contributed by atoms with Crippen LogP contribution in [0.5, 0.6) is 0 Å². The molecule has 0 saturated carbocycles. The first-order chi connectivity index (χ1) is 5.81. The second-order valence-electron chi connectivity index (χ2n) is 3.92. The van der Waals surface area contributed by atoms with Gasteiger partial charge in [0.1, 0.15) is 5.54 Å². The van der Waals surface area contributed by atoms with Gasteiger partial charge in [0, 0.05) is 12.6 Å². The maximum Gasteiger partial charge on any atom is 0.326 e. The Balaban J connectivity index is 4.24. The highest BCUT2D eigenvalue weighted by Gasteiger charge is 2.31. The van der Waals surface area contributed by atoms with Gasteiger partial charge in [0.2, 0.25) is 0 Å². The molecule has 4 nitrogen and oxygen atoms in total. The predicted octanol–water partition coefficient (Wildman–Crippen LogP) is 0.217. The van der Waals surface area contributed by atoms with Gasteiger partial charge in [0.05, 0.1) is 7.11 Å². The SMILES string of the molecule is COC(=O)C(C)(N)CN(C)C(C)C. The standard InChI is InChI=1S/C9H20N2O2/c1-7(2)11(4)6-9(3,10)8(12)13-5/h7H,6,10H2,1-5H3. The summed E-state index contributed by atoms with van der Waals surface area (Å²) in [7, 11) is 3.28. The molecule has 78 valence electrons. The third kappa shape index (κ3) is 3.74. The van der Waals surface area contributed by atoms with Gasteiger partial charge in [0.15, 0.2) is 0 Å². The number of rotatable bonds is 4. The number of carbonyl (C=O) groups excluding carboxylic acids is 1. The third-order valence-electron chi connectivity index (χ3n) is 2.11. The second kappa shape index (κ2) is 4.58. The molecule has 0 saturated heterocycles. The van der Waals surface area contributed by atoms with Crippen molar-refractivity contribution in [3.8, 4) is 0 Å². The van der Waals surface area contributed by atoms with Crippen LogP contribution in [-0.4, -0.2) is 43.2 Å². The van der Waals surface area contributed by atoms with Gasteiger partial charge in [-0.25, -0.2) is 0 Å².